The summed E-state index contributed by atoms with van der Waals surface area (Å²) >= 11 is 0. The quantitative estimate of drug-likeness (QED) is 0.785. The Bertz CT molecular complexity index is 786. The van der Waals surface area contributed by atoms with E-state index in [1.54, 1.807) is 19.1 Å². The van der Waals surface area contributed by atoms with Crippen LogP contribution in [0.5, 0.6) is 0 Å². The molecule has 0 spiro atoms. The number of nitrogens with one attached hydrogen (secondary N) is 2. The number of anilines is 2. The van der Waals surface area contributed by atoms with Crippen molar-refractivity contribution in [1.29, 1.82) is 0 Å². The Hall–Kier alpha value is -2.82. The van der Waals surface area contributed by atoms with Crippen molar-refractivity contribution in [3.05, 3.63) is 59.2 Å². The molecule has 3 rings (SSSR count). The highest BCUT2D eigenvalue weighted by Crippen LogP contribution is 2.34. The molecule has 1 aliphatic heterocycles. The number of aryl methyl sites for hydroxylation is 1. The molecule has 124 valence electrons. The molecule has 0 bridgehead atoms. The van der Waals surface area contributed by atoms with Gasteiger partial charge in [-0.05, 0) is 36.6 Å². The molecule has 1 amide bonds. The molecule has 0 saturated heterocycles. The molecule has 3 N–H and O–H groups in total. The number of rotatable bonds is 5. The summed E-state index contributed by atoms with van der Waals surface area (Å²) in [4.78, 5) is 23.6. The number of hydrogen-bond acceptors (Lipinski definition) is 3. The summed E-state index contributed by atoms with van der Waals surface area (Å²) in [5.41, 5.74) is 3.63. The Morgan fingerprint density at radius 3 is 2.79 bits per heavy atom. The summed E-state index contributed by atoms with van der Waals surface area (Å²) in [7, 11) is 0. The van der Waals surface area contributed by atoms with Gasteiger partial charge in [0, 0.05) is 24.6 Å². The van der Waals surface area contributed by atoms with E-state index in [9.17, 15) is 14.7 Å². The second kappa shape index (κ2) is 6.74. The summed E-state index contributed by atoms with van der Waals surface area (Å²) in [6.07, 6.45) is 1.08. The number of carbonyl (C=O) groups is 2. The van der Waals surface area contributed by atoms with E-state index in [1.807, 2.05) is 18.2 Å². The summed E-state index contributed by atoms with van der Waals surface area (Å²) in [6.45, 7) is 2.62. The predicted octanol–water partition coefficient (Wildman–Crippen LogP) is 3.62. The molecule has 2 aromatic carbocycles. The van der Waals surface area contributed by atoms with Gasteiger partial charge in [0.1, 0.15) is 0 Å². The number of carbonyl (C=O) groups excluding carboxylic acids is 1. The van der Waals surface area contributed by atoms with E-state index in [0.717, 1.165) is 24.2 Å². The maximum atomic E-state index is 12.3. The molecule has 0 fully saturated rings. The molecule has 0 aromatic heterocycles. The summed E-state index contributed by atoms with van der Waals surface area (Å²) in [5, 5.41) is 15.4. The molecule has 0 aliphatic carbocycles. The van der Waals surface area contributed by atoms with Gasteiger partial charge in [0.05, 0.1) is 11.3 Å². The van der Waals surface area contributed by atoms with Gasteiger partial charge in [-0.2, -0.15) is 0 Å². The fourth-order valence-electron chi connectivity index (χ4n) is 3.13. The minimum Gasteiger partial charge on any atom is -0.478 e. The fraction of sp³-hybridized carbons (Fsp3) is 0.263. The monoisotopic (exact) mass is 324 g/mol. The molecule has 2 aromatic rings. The van der Waals surface area contributed by atoms with Crippen molar-refractivity contribution in [1.82, 2.24) is 0 Å². The van der Waals surface area contributed by atoms with Gasteiger partial charge in [-0.15, -0.1) is 0 Å². The molecule has 0 saturated carbocycles. The van der Waals surface area contributed by atoms with Crippen LogP contribution in [0.15, 0.2) is 42.5 Å². The van der Waals surface area contributed by atoms with Crippen LogP contribution in [0.4, 0.5) is 11.4 Å². The van der Waals surface area contributed by atoms with E-state index >= 15 is 0 Å². The first kappa shape index (κ1) is 16.1. The van der Waals surface area contributed by atoms with Crippen LogP contribution >= 0.6 is 0 Å². The van der Waals surface area contributed by atoms with Gasteiger partial charge in [-0.25, -0.2) is 4.79 Å². The number of fused-ring (bicyclic) bond motifs is 1. The van der Waals surface area contributed by atoms with Crippen molar-refractivity contribution in [3.63, 3.8) is 0 Å². The van der Waals surface area contributed by atoms with Gasteiger partial charge in [0.15, 0.2) is 0 Å². The smallest absolute Gasteiger partial charge is 0.337 e. The van der Waals surface area contributed by atoms with Crippen molar-refractivity contribution in [2.24, 2.45) is 0 Å². The Morgan fingerprint density at radius 1 is 1.21 bits per heavy atom. The largest absolute Gasteiger partial charge is 0.478 e. The highest BCUT2D eigenvalue weighted by atomic mass is 16.4. The highest BCUT2D eigenvalue weighted by molar-refractivity contribution is 6.01. The molecule has 1 heterocycles. The minimum atomic E-state index is -1.04. The SMILES string of the molecule is Cc1cccc(C(=O)O)c1NC(=O)CCC1CNc2ccccc21. The van der Waals surface area contributed by atoms with Crippen molar-refractivity contribution in [2.45, 2.75) is 25.7 Å². The fourth-order valence-corrected chi connectivity index (χ4v) is 3.13. The topological polar surface area (TPSA) is 78.4 Å². The van der Waals surface area contributed by atoms with Crippen LogP contribution < -0.4 is 10.6 Å². The van der Waals surface area contributed by atoms with Gasteiger partial charge in [0.25, 0.3) is 0 Å². The van der Waals surface area contributed by atoms with Crippen LogP contribution in [0.3, 0.4) is 0 Å². The number of benzene rings is 2. The number of carboxylic acid groups (broad SMARTS) is 1. The van der Waals surface area contributed by atoms with Crippen molar-refractivity contribution >= 4 is 23.3 Å². The van der Waals surface area contributed by atoms with Crippen molar-refractivity contribution in [2.75, 3.05) is 17.2 Å². The molecular formula is C19H20N2O3. The van der Waals surface area contributed by atoms with Crippen molar-refractivity contribution in [3.8, 4) is 0 Å². The Morgan fingerprint density at radius 2 is 2.00 bits per heavy atom. The summed E-state index contributed by atoms with van der Waals surface area (Å²) in [5.74, 6) is -0.887. The van der Waals surface area contributed by atoms with E-state index in [4.69, 9.17) is 0 Å². The number of aromatic carboxylic acids is 1. The second-order valence-corrected chi connectivity index (χ2v) is 6.05. The first-order chi connectivity index (χ1) is 11.6. The number of para-hydroxylation sites is 2. The Kier molecular flexibility index (Phi) is 4.51. The van der Waals surface area contributed by atoms with Crippen molar-refractivity contribution < 1.29 is 14.7 Å². The molecule has 1 aliphatic rings. The van der Waals surface area contributed by atoms with Crippen LogP contribution in [0.2, 0.25) is 0 Å². The van der Waals surface area contributed by atoms with Gasteiger partial charge in [-0.1, -0.05) is 30.3 Å². The van der Waals surface area contributed by atoms with E-state index < -0.39 is 5.97 Å². The number of amides is 1. The maximum Gasteiger partial charge on any atom is 0.337 e. The van der Waals surface area contributed by atoms with E-state index in [2.05, 4.69) is 16.7 Å². The molecule has 0 radical (unpaired) electrons. The van der Waals surface area contributed by atoms with Gasteiger partial charge in [0.2, 0.25) is 5.91 Å². The Labute approximate surface area is 140 Å². The van der Waals surface area contributed by atoms with Crippen LogP contribution in [-0.4, -0.2) is 23.5 Å². The van der Waals surface area contributed by atoms with Gasteiger partial charge >= 0.3 is 5.97 Å². The average Bonchev–Trinajstić information content (AvgIpc) is 2.98. The highest BCUT2D eigenvalue weighted by Gasteiger charge is 2.22. The van der Waals surface area contributed by atoms with Crippen LogP contribution in [-0.2, 0) is 4.79 Å². The molecule has 5 nitrogen and oxygen atoms in total. The lowest BCUT2D eigenvalue weighted by atomic mass is 9.96. The lowest BCUT2D eigenvalue weighted by Crippen LogP contribution is -2.17. The molecule has 1 atom stereocenters. The zero-order valence-electron chi connectivity index (χ0n) is 13.5. The third-order valence-corrected chi connectivity index (χ3v) is 4.43. The third kappa shape index (κ3) is 3.25. The molecular weight excluding hydrogens is 304 g/mol. The summed E-state index contributed by atoms with van der Waals surface area (Å²) in [6, 6.07) is 13.1. The first-order valence-electron chi connectivity index (χ1n) is 8.02. The molecule has 1 unspecified atom stereocenters. The van der Waals surface area contributed by atoms with E-state index in [0.29, 0.717) is 18.0 Å². The normalized spacial score (nSPS) is 15.5. The minimum absolute atomic E-state index is 0.122. The molecule has 24 heavy (non-hydrogen) atoms. The zero-order chi connectivity index (χ0) is 17.1. The Balaban J connectivity index is 1.65. The van der Waals surface area contributed by atoms with Gasteiger partial charge < -0.3 is 15.7 Å². The van der Waals surface area contributed by atoms with Crippen LogP contribution in [0, 0.1) is 6.92 Å². The standard InChI is InChI=1S/C19H20N2O3/c1-12-5-4-7-15(19(23)24)18(12)21-17(22)10-9-13-11-20-16-8-3-2-6-14(13)16/h2-8,13,20H,9-11H2,1H3,(H,21,22)(H,23,24). The summed E-state index contributed by atoms with van der Waals surface area (Å²) < 4.78 is 0. The number of carboxylic acids is 1. The molecule has 5 heteroatoms. The second-order valence-electron chi connectivity index (χ2n) is 6.05. The van der Waals surface area contributed by atoms with E-state index in [1.165, 1.54) is 11.6 Å². The number of hydrogen-bond donors (Lipinski definition) is 3. The van der Waals surface area contributed by atoms with Crippen LogP contribution in [0.1, 0.15) is 40.2 Å². The van der Waals surface area contributed by atoms with E-state index in [-0.39, 0.29) is 11.5 Å². The average molecular weight is 324 g/mol. The zero-order valence-corrected chi connectivity index (χ0v) is 13.5. The predicted molar refractivity (Wildman–Crippen MR) is 93.7 cm³/mol. The first-order valence-corrected chi connectivity index (χ1v) is 8.02. The lowest BCUT2D eigenvalue weighted by Gasteiger charge is -2.13. The maximum absolute atomic E-state index is 12.3. The van der Waals surface area contributed by atoms with Gasteiger partial charge in [-0.3, -0.25) is 4.79 Å². The lowest BCUT2D eigenvalue weighted by molar-refractivity contribution is -0.116. The third-order valence-electron chi connectivity index (χ3n) is 4.43. The van der Waals surface area contributed by atoms with Crippen LogP contribution in [0.25, 0.3) is 0 Å².